The lowest BCUT2D eigenvalue weighted by atomic mass is 9.93. The van der Waals surface area contributed by atoms with Crippen LogP contribution >= 0.6 is 0 Å². The number of alkyl halides is 3. The number of carbonyl (C=O) groups excluding carboxylic acids is 2. The number of piperidine rings is 2. The number of hydrogen-bond donors (Lipinski definition) is 0. The molecule has 1 aromatic heterocycles. The van der Waals surface area contributed by atoms with Crippen LogP contribution in [0.1, 0.15) is 90.0 Å². The van der Waals surface area contributed by atoms with Crippen molar-refractivity contribution in [2.24, 2.45) is 0 Å². The molecule has 1 saturated carbocycles. The van der Waals surface area contributed by atoms with Gasteiger partial charge in [-0.1, -0.05) is 18.2 Å². The zero-order valence-corrected chi connectivity index (χ0v) is 23.5. The van der Waals surface area contributed by atoms with Gasteiger partial charge in [-0.2, -0.15) is 18.3 Å². The van der Waals surface area contributed by atoms with Crippen LogP contribution in [0.15, 0.2) is 30.5 Å². The number of hydrogen-bond acceptors (Lipinski definition) is 5. The van der Waals surface area contributed by atoms with E-state index >= 15 is 0 Å². The molecule has 2 amide bonds. The SMILES string of the molecule is CN1CCC(OC(=O)N2CCC(n3ncc(C(=O)N4CC[C@@H](c5ccccc5C(F)(F)F)C4)c3C3CC3)CC2)CC1. The molecule has 0 radical (unpaired) electrons. The highest BCUT2D eigenvalue weighted by Crippen LogP contribution is 2.44. The Morgan fingerprint density at radius 3 is 2.24 bits per heavy atom. The summed E-state index contributed by atoms with van der Waals surface area (Å²) in [5.41, 5.74) is 1.16. The minimum absolute atomic E-state index is 0.0234. The molecular formula is C30H38F3N5O3. The third kappa shape index (κ3) is 5.96. The van der Waals surface area contributed by atoms with E-state index in [1.54, 1.807) is 22.1 Å². The third-order valence-corrected chi connectivity index (χ3v) is 9.21. The van der Waals surface area contributed by atoms with Gasteiger partial charge in [-0.05, 0) is 63.6 Å². The molecule has 1 atom stereocenters. The minimum atomic E-state index is -4.42. The number of likely N-dealkylation sites (tertiary alicyclic amines) is 3. The summed E-state index contributed by atoms with van der Waals surface area (Å²) in [4.78, 5) is 32.2. The zero-order chi connectivity index (χ0) is 28.7. The highest BCUT2D eigenvalue weighted by molar-refractivity contribution is 5.95. The maximum absolute atomic E-state index is 13.7. The Labute approximate surface area is 238 Å². The van der Waals surface area contributed by atoms with Gasteiger partial charge < -0.3 is 19.4 Å². The monoisotopic (exact) mass is 573 g/mol. The quantitative estimate of drug-likeness (QED) is 0.487. The van der Waals surface area contributed by atoms with Crippen molar-refractivity contribution < 1.29 is 27.5 Å². The molecule has 3 saturated heterocycles. The van der Waals surface area contributed by atoms with Gasteiger partial charge in [0.2, 0.25) is 0 Å². The second-order valence-electron chi connectivity index (χ2n) is 12.1. The van der Waals surface area contributed by atoms with Crippen LogP contribution in [-0.2, 0) is 10.9 Å². The molecule has 6 rings (SSSR count). The summed E-state index contributed by atoms with van der Waals surface area (Å²) in [5.74, 6) is -0.229. The lowest BCUT2D eigenvalue weighted by Gasteiger charge is -2.34. The first-order valence-electron chi connectivity index (χ1n) is 14.9. The summed E-state index contributed by atoms with van der Waals surface area (Å²) in [6.45, 7) is 3.71. The molecule has 0 N–H and O–H groups in total. The van der Waals surface area contributed by atoms with E-state index in [0.717, 1.165) is 63.4 Å². The fourth-order valence-electron chi connectivity index (χ4n) is 6.68. The van der Waals surface area contributed by atoms with E-state index in [9.17, 15) is 22.8 Å². The number of rotatable bonds is 5. The molecule has 4 aliphatic rings. The Morgan fingerprint density at radius 1 is 0.878 bits per heavy atom. The molecule has 41 heavy (non-hydrogen) atoms. The lowest BCUT2D eigenvalue weighted by molar-refractivity contribution is -0.138. The number of amides is 2. The number of carbonyl (C=O) groups is 2. The molecule has 4 heterocycles. The highest BCUT2D eigenvalue weighted by Gasteiger charge is 2.40. The van der Waals surface area contributed by atoms with Crippen molar-refractivity contribution in [2.75, 3.05) is 46.3 Å². The van der Waals surface area contributed by atoms with Gasteiger partial charge in [-0.15, -0.1) is 0 Å². The molecule has 3 aliphatic heterocycles. The van der Waals surface area contributed by atoms with Crippen molar-refractivity contribution in [3.05, 3.63) is 52.8 Å². The summed E-state index contributed by atoms with van der Waals surface area (Å²) in [6.07, 6.45) is 2.64. The molecule has 1 aliphatic carbocycles. The number of ether oxygens (including phenoxy) is 1. The fraction of sp³-hybridized carbons (Fsp3) is 0.633. The van der Waals surface area contributed by atoms with Gasteiger partial charge in [-0.3, -0.25) is 9.48 Å². The first-order valence-corrected chi connectivity index (χ1v) is 14.9. The number of aromatic nitrogens is 2. The third-order valence-electron chi connectivity index (χ3n) is 9.21. The van der Waals surface area contributed by atoms with Gasteiger partial charge in [0, 0.05) is 51.1 Å². The van der Waals surface area contributed by atoms with E-state index in [4.69, 9.17) is 4.74 Å². The van der Waals surface area contributed by atoms with E-state index in [-0.39, 0.29) is 48.1 Å². The predicted molar refractivity (Wildman–Crippen MR) is 146 cm³/mol. The molecular weight excluding hydrogens is 535 g/mol. The lowest BCUT2D eigenvalue weighted by Crippen LogP contribution is -2.43. The maximum Gasteiger partial charge on any atom is 0.416 e. The maximum atomic E-state index is 13.7. The van der Waals surface area contributed by atoms with Gasteiger partial charge in [0.15, 0.2) is 0 Å². The molecule has 222 valence electrons. The topological polar surface area (TPSA) is 70.9 Å². The minimum Gasteiger partial charge on any atom is -0.446 e. The van der Waals surface area contributed by atoms with Crippen LogP contribution in [0.2, 0.25) is 0 Å². The van der Waals surface area contributed by atoms with Gasteiger partial charge in [0.05, 0.1) is 29.1 Å². The predicted octanol–water partition coefficient (Wildman–Crippen LogP) is 5.28. The molecule has 2 aromatic rings. The van der Waals surface area contributed by atoms with Gasteiger partial charge in [0.25, 0.3) is 5.91 Å². The van der Waals surface area contributed by atoms with Crippen LogP contribution in [0.25, 0.3) is 0 Å². The van der Waals surface area contributed by atoms with Crippen molar-refractivity contribution in [2.45, 2.75) is 75.1 Å². The number of benzene rings is 1. The average Bonchev–Trinajstić information content (AvgIpc) is 3.51. The van der Waals surface area contributed by atoms with Crippen LogP contribution in [0.4, 0.5) is 18.0 Å². The molecule has 8 nitrogen and oxygen atoms in total. The average molecular weight is 574 g/mol. The normalized spacial score (nSPS) is 23.3. The highest BCUT2D eigenvalue weighted by atomic mass is 19.4. The number of halogens is 3. The second-order valence-corrected chi connectivity index (χ2v) is 12.1. The smallest absolute Gasteiger partial charge is 0.416 e. The van der Waals surface area contributed by atoms with Crippen LogP contribution in [-0.4, -0.2) is 88.9 Å². The Balaban J connectivity index is 1.10. The summed E-state index contributed by atoms with van der Waals surface area (Å²) in [6, 6.07) is 5.78. The van der Waals surface area contributed by atoms with Gasteiger partial charge in [-0.25, -0.2) is 4.79 Å². The summed E-state index contributed by atoms with van der Waals surface area (Å²) in [7, 11) is 2.08. The van der Waals surface area contributed by atoms with Crippen LogP contribution in [0, 0.1) is 0 Å². The van der Waals surface area contributed by atoms with E-state index in [0.29, 0.717) is 31.6 Å². The molecule has 0 spiro atoms. The van der Waals surface area contributed by atoms with Crippen molar-refractivity contribution in [1.82, 2.24) is 24.5 Å². The van der Waals surface area contributed by atoms with Crippen LogP contribution < -0.4 is 0 Å². The molecule has 0 unspecified atom stereocenters. The van der Waals surface area contributed by atoms with Crippen molar-refractivity contribution in [3.8, 4) is 0 Å². The Kier molecular flexibility index (Phi) is 7.74. The van der Waals surface area contributed by atoms with Gasteiger partial charge in [0.1, 0.15) is 6.10 Å². The fourth-order valence-corrected chi connectivity index (χ4v) is 6.68. The van der Waals surface area contributed by atoms with Crippen LogP contribution in [0.5, 0.6) is 0 Å². The Morgan fingerprint density at radius 2 is 1.56 bits per heavy atom. The van der Waals surface area contributed by atoms with Crippen molar-refractivity contribution >= 4 is 12.0 Å². The van der Waals surface area contributed by atoms with Crippen LogP contribution in [0.3, 0.4) is 0 Å². The zero-order valence-electron chi connectivity index (χ0n) is 23.5. The molecule has 0 bridgehead atoms. The molecule has 4 fully saturated rings. The molecule has 1 aromatic carbocycles. The summed E-state index contributed by atoms with van der Waals surface area (Å²) >= 11 is 0. The molecule has 11 heteroatoms. The first-order chi connectivity index (χ1) is 19.7. The van der Waals surface area contributed by atoms with E-state index in [1.807, 2.05) is 4.68 Å². The Bertz CT molecular complexity index is 1260. The Hall–Kier alpha value is -3.08. The standard InChI is InChI=1S/C30H38F3N5O3/c1-35-13-11-23(12-14-35)41-29(40)36-16-9-22(10-17-36)38-27(20-6-7-20)25(18-34-38)28(39)37-15-8-21(19-37)24-4-2-3-5-26(24)30(31,32)33/h2-5,18,20-23H,6-17,19H2,1H3/t21-/m1/s1. The van der Waals surface area contributed by atoms with Crippen molar-refractivity contribution in [3.63, 3.8) is 0 Å². The van der Waals surface area contributed by atoms with Gasteiger partial charge >= 0.3 is 12.3 Å². The van der Waals surface area contributed by atoms with E-state index < -0.39 is 11.7 Å². The van der Waals surface area contributed by atoms with Crippen molar-refractivity contribution in [1.29, 1.82) is 0 Å². The number of nitrogens with zero attached hydrogens (tertiary/aromatic N) is 5. The largest absolute Gasteiger partial charge is 0.446 e. The summed E-state index contributed by atoms with van der Waals surface area (Å²) < 4.78 is 48.6. The second kappa shape index (κ2) is 11.3. The van der Waals surface area contributed by atoms with E-state index in [1.165, 1.54) is 12.1 Å². The summed E-state index contributed by atoms with van der Waals surface area (Å²) in [5, 5.41) is 4.67. The van der Waals surface area contributed by atoms with E-state index in [2.05, 4.69) is 17.0 Å². The first kappa shape index (κ1) is 28.1.